The molecule has 0 bridgehead atoms. The molecule has 0 radical (unpaired) electrons. The fraction of sp³-hybridized carbons (Fsp3) is 0.368. The van der Waals surface area contributed by atoms with Crippen LogP contribution in [0.3, 0.4) is 0 Å². The average Bonchev–Trinajstić information content (AvgIpc) is 3.19. The second-order valence-corrected chi connectivity index (χ2v) is 6.65. The van der Waals surface area contributed by atoms with E-state index in [1.165, 1.54) is 0 Å². The Morgan fingerprint density at radius 2 is 2.04 bits per heavy atom. The Kier molecular flexibility index (Phi) is 6.38. The second-order valence-electron chi connectivity index (χ2n) is 6.65. The van der Waals surface area contributed by atoms with Crippen molar-refractivity contribution in [3.05, 3.63) is 47.8 Å². The largest absolute Gasteiger partial charge is 0.370 e. The van der Waals surface area contributed by atoms with E-state index in [9.17, 15) is 14.4 Å². The number of benzene rings is 1. The Morgan fingerprint density at radius 1 is 1.21 bits per heavy atom. The van der Waals surface area contributed by atoms with E-state index in [1.54, 1.807) is 36.5 Å². The van der Waals surface area contributed by atoms with Crippen LogP contribution in [-0.2, 0) is 4.79 Å². The highest BCUT2D eigenvalue weighted by Crippen LogP contribution is 2.18. The van der Waals surface area contributed by atoms with Gasteiger partial charge in [0.15, 0.2) is 5.69 Å². The lowest BCUT2D eigenvalue weighted by Gasteiger charge is -2.22. The van der Waals surface area contributed by atoms with Gasteiger partial charge in [-0.05, 0) is 37.6 Å². The van der Waals surface area contributed by atoms with Crippen LogP contribution >= 0.6 is 0 Å². The maximum absolute atomic E-state index is 12.6. The number of rotatable bonds is 7. The summed E-state index contributed by atoms with van der Waals surface area (Å²) in [6.45, 7) is 1.97. The van der Waals surface area contributed by atoms with Gasteiger partial charge < -0.3 is 21.7 Å². The molecule has 9 nitrogen and oxygen atoms in total. The van der Waals surface area contributed by atoms with E-state index in [4.69, 9.17) is 5.73 Å². The monoisotopic (exact) mass is 384 g/mol. The minimum atomic E-state index is -0.495. The third-order valence-corrected chi connectivity index (χ3v) is 4.56. The van der Waals surface area contributed by atoms with Crippen LogP contribution in [0.15, 0.2) is 36.5 Å². The fourth-order valence-electron chi connectivity index (χ4n) is 3.09. The summed E-state index contributed by atoms with van der Waals surface area (Å²) < 4.78 is 1.81. The molecule has 148 valence electrons. The maximum Gasteiger partial charge on any atom is 0.276 e. The molecule has 1 saturated heterocycles. The topological polar surface area (TPSA) is 131 Å². The lowest BCUT2D eigenvalue weighted by molar-refractivity contribution is -0.117. The molecule has 1 aromatic carbocycles. The molecule has 2 aromatic rings. The molecule has 0 aliphatic carbocycles. The van der Waals surface area contributed by atoms with Gasteiger partial charge in [-0.2, -0.15) is 5.10 Å². The van der Waals surface area contributed by atoms with E-state index in [-0.39, 0.29) is 30.6 Å². The van der Waals surface area contributed by atoms with E-state index in [2.05, 4.69) is 21.0 Å². The van der Waals surface area contributed by atoms with Gasteiger partial charge in [0.1, 0.15) is 0 Å². The number of carbonyl (C=O) groups is 3. The van der Waals surface area contributed by atoms with E-state index in [0.29, 0.717) is 11.3 Å². The Balaban J connectivity index is 1.66. The van der Waals surface area contributed by atoms with Crippen molar-refractivity contribution in [2.24, 2.45) is 5.73 Å². The minimum absolute atomic E-state index is 0.0493. The molecule has 1 fully saturated rings. The number of carbonyl (C=O) groups excluding carboxylic acids is 3. The van der Waals surface area contributed by atoms with Gasteiger partial charge in [0, 0.05) is 25.7 Å². The van der Waals surface area contributed by atoms with Gasteiger partial charge in [-0.1, -0.05) is 12.1 Å². The zero-order chi connectivity index (χ0) is 19.9. The Labute approximate surface area is 162 Å². The first-order valence-electron chi connectivity index (χ1n) is 9.27. The zero-order valence-electron chi connectivity index (χ0n) is 15.5. The lowest BCUT2D eigenvalue weighted by Crippen LogP contribution is -2.32. The van der Waals surface area contributed by atoms with Gasteiger partial charge in [-0.3, -0.25) is 19.1 Å². The molecule has 1 unspecified atom stereocenters. The minimum Gasteiger partial charge on any atom is -0.370 e. The highest BCUT2D eigenvalue weighted by Gasteiger charge is 2.19. The number of nitrogens with one attached hydrogen (secondary N) is 3. The van der Waals surface area contributed by atoms with Crippen molar-refractivity contribution in [3.8, 4) is 0 Å². The van der Waals surface area contributed by atoms with E-state index < -0.39 is 11.8 Å². The van der Waals surface area contributed by atoms with Crippen LogP contribution in [-0.4, -0.2) is 47.1 Å². The molecule has 1 atom stereocenters. The summed E-state index contributed by atoms with van der Waals surface area (Å²) in [7, 11) is 0. The predicted molar refractivity (Wildman–Crippen MR) is 104 cm³/mol. The third-order valence-electron chi connectivity index (χ3n) is 4.56. The number of anilines is 1. The number of amides is 3. The lowest BCUT2D eigenvalue weighted by atomic mass is 10.1. The summed E-state index contributed by atoms with van der Waals surface area (Å²) in [6, 6.07) is 8.56. The Hall–Kier alpha value is -3.20. The molecule has 0 spiro atoms. The number of aromatic nitrogens is 2. The van der Waals surface area contributed by atoms with Gasteiger partial charge in [0.05, 0.1) is 17.3 Å². The second kappa shape index (κ2) is 9.14. The predicted octanol–water partition coefficient (Wildman–Crippen LogP) is 0.665. The van der Waals surface area contributed by atoms with Crippen molar-refractivity contribution in [1.29, 1.82) is 0 Å². The standard InChI is InChI=1S/C19H24N6O3/c20-17(26)7-10-22-18(27)14-5-1-2-6-15(14)23-19(28)16-8-11-25(24-16)13-4-3-9-21-12-13/h1-2,5-6,8,11,13,21H,3-4,7,9-10,12H2,(H2,20,26)(H,22,27)(H,23,28). The first kappa shape index (κ1) is 19.6. The fourth-order valence-corrected chi connectivity index (χ4v) is 3.09. The quantitative estimate of drug-likeness (QED) is 0.557. The Bertz CT molecular complexity index is 857. The molecule has 9 heteroatoms. The average molecular weight is 384 g/mol. The number of hydrogen-bond donors (Lipinski definition) is 4. The molecule has 5 N–H and O–H groups in total. The highest BCUT2D eigenvalue weighted by atomic mass is 16.2. The summed E-state index contributed by atoms with van der Waals surface area (Å²) in [5, 5.41) is 13.1. The first-order valence-corrected chi connectivity index (χ1v) is 9.27. The van der Waals surface area contributed by atoms with Gasteiger partial charge in [0.25, 0.3) is 11.8 Å². The normalized spacial score (nSPS) is 16.4. The van der Waals surface area contributed by atoms with Gasteiger partial charge in [-0.15, -0.1) is 0 Å². The molecule has 1 aliphatic rings. The van der Waals surface area contributed by atoms with Crippen molar-refractivity contribution in [3.63, 3.8) is 0 Å². The van der Waals surface area contributed by atoms with Crippen LogP contribution in [0.2, 0.25) is 0 Å². The Morgan fingerprint density at radius 3 is 2.79 bits per heavy atom. The number of nitrogens with two attached hydrogens (primary N) is 1. The molecule has 1 aromatic heterocycles. The number of primary amides is 1. The maximum atomic E-state index is 12.6. The molecule has 3 rings (SSSR count). The summed E-state index contributed by atoms with van der Waals surface area (Å²) in [5.41, 5.74) is 6.04. The van der Waals surface area contributed by atoms with Gasteiger partial charge >= 0.3 is 0 Å². The van der Waals surface area contributed by atoms with Crippen LogP contribution in [0.1, 0.15) is 46.2 Å². The molecular weight excluding hydrogens is 360 g/mol. The third kappa shape index (κ3) is 4.95. The van der Waals surface area contributed by atoms with Crippen molar-refractivity contribution < 1.29 is 14.4 Å². The van der Waals surface area contributed by atoms with Crippen LogP contribution in [0, 0.1) is 0 Å². The van der Waals surface area contributed by atoms with E-state index >= 15 is 0 Å². The van der Waals surface area contributed by atoms with Gasteiger partial charge in [0.2, 0.25) is 5.91 Å². The molecule has 0 saturated carbocycles. The molecule has 1 aliphatic heterocycles. The SMILES string of the molecule is NC(=O)CCNC(=O)c1ccccc1NC(=O)c1ccn(C2CCCNC2)n1. The zero-order valence-corrected chi connectivity index (χ0v) is 15.5. The summed E-state index contributed by atoms with van der Waals surface area (Å²) in [4.78, 5) is 35.7. The summed E-state index contributed by atoms with van der Waals surface area (Å²) >= 11 is 0. The van der Waals surface area contributed by atoms with Crippen LogP contribution in [0.25, 0.3) is 0 Å². The number of nitrogens with zero attached hydrogens (tertiary/aromatic N) is 2. The molecule has 28 heavy (non-hydrogen) atoms. The smallest absolute Gasteiger partial charge is 0.276 e. The number of hydrogen-bond acceptors (Lipinski definition) is 5. The van der Waals surface area contributed by atoms with Crippen LogP contribution < -0.4 is 21.7 Å². The molecule has 2 heterocycles. The number of piperidine rings is 1. The van der Waals surface area contributed by atoms with E-state index in [0.717, 1.165) is 25.9 Å². The molecular formula is C19H24N6O3. The van der Waals surface area contributed by atoms with Crippen LogP contribution in [0.5, 0.6) is 0 Å². The van der Waals surface area contributed by atoms with Crippen molar-refractivity contribution in [1.82, 2.24) is 20.4 Å². The van der Waals surface area contributed by atoms with Crippen molar-refractivity contribution in [2.75, 3.05) is 25.0 Å². The van der Waals surface area contributed by atoms with Crippen molar-refractivity contribution >= 4 is 23.4 Å². The van der Waals surface area contributed by atoms with Crippen LogP contribution in [0.4, 0.5) is 5.69 Å². The number of para-hydroxylation sites is 1. The summed E-state index contributed by atoms with van der Waals surface area (Å²) in [5.74, 6) is -1.28. The van der Waals surface area contributed by atoms with Crippen molar-refractivity contribution in [2.45, 2.75) is 25.3 Å². The van der Waals surface area contributed by atoms with Gasteiger partial charge in [-0.25, -0.2) is 0 Å². The van der Waals surface area contributed by atoms with E-state index in [1.807, 2.05) is 4.68 Å². The highest BCUT2D eigenvalue weighted by molar-refractivity contribution is 6.08. The summed E-state index contributed by atoms with van der Waals surface area (Å²) in [6.07, 6.45) is 3.94. The first-order chi connectivity index (χ1) is 13.5. The molecule has 3 amide bonds.